The molecule has 110 valence electrons. The molecule has 0 unspecified atom stereocenters. The van der Waals surface area contributed by atoms with Gasteiger partial charge in [-0.15, -0.1) is 11.3 Å². The molecule has 0 aromatic carbocycles. The first-order valence-electron chi connectivity index (χ1n) is 6.65. The van der Waals surface area contributed by atoms with Crippen molar-refractivity contribution in [2.45, 2.75) is 36.9 Å². The van der Waals surface area contributed by atoms with Gasteiger partial charge in [-0.25, -0.2) is 4.98 Å². The van der Waals surface area contributed by atoms with Crippen LogP contribution in [0.1, 0.15) is 29.8 Å². The number of thioether (sulfide) groups is 1. The van der Waals surface area contributed by atoms with E-state index < -0.39 is 5.97 Å². The molecule has 20 heavy (non-hydrogen) atoms. The number of amides is 1. The minimum Gasteiger partial charge on any atom is -0.481 e. The molecular weight excluding hydrogens is 296 g/mol. The standard InChI is InChI=1S/C13H18N2O3S2/c1-9-10(7-12(17)18)20-13(14-9)19-8-11(16)15-5-3-2-4-6-15/h2-8H2,1H3,(H,17,18). The molecule has 1 aromatic heterocycles. The Bertz CT molecular complexity index is 496. The Kier molecular flexibility index (Phi) is 5.42. The van der Waals surface area contributed by atoms with Crippen molar-refractivity contribution < 1.29 is 14.7 Å². The normalized spacial score (nSPS) is 15.3. The Morgan fingerprint density at radius 1 is 1.35 bits per heavy atom. The van der Waals surface area contributed by atoms with Crippen LogP contribution < -0.4 is 0 Å². The van der Waals surface area contributed by atoms with Crippen LogP contribution in [-0.4, -0.2) is 45.7 Å². The topological polar surface area (TPSA) is 70.5 Å². The number of aliphatic carboxylic acids is 1. The predicted molar refractivity (Wildman–Crippen MR) is 79.3 cm³/mol. The van der Waals surface area contributed by atoms with Crippen LogP contribution in [0.2, 0.25) is 0 Å². The number of carbonyl (C=O) groups excluding carboxylic acids is 1. The first-order valence-corrected chi connectivity index (χ1v) is 8.45. The summed E-state index contributed by atoms with van der Waals surface area (Å²) in [7, 11) is 0. The van der Waals surface area contributed by atoms with Crippen LogP contribution in [0, 0.1) is 6.92 Å². The van der Waals surface area contributed by atoms with Crippen LogP contribution >= 0.6 is 23.1 Å². The van der Waals surface area contributed by atoms with Gasteiger partial charge in [0.15, 0.2) is 4.34 Å². The fourth-order valence-electron chi connectivity index (χ4n) is 2.12. The number of likely N-dealkylation sites (tertiary alicyclic amines) is 1. The smallest absolute Gasteiger partial charge is 0.308 e. The number of thiazole rings is 1. The number of carboxylic acid groups (broad SMARTS) is 1. The van der Waals surface area contributed by atoms with Gasteiger partial charge in [-0.3, -0.25) is 9.59 Å². The van der Waals surface area contributed by atoms with Gasteiger partial charge in [-0.05, 0) is 26.2 Å². The SMILES string of the molecule is Cc1nc(SCC(=O)N2CCCCC2)sc1CC(=O)O. The Morgan fingerprint density at radius 2 is 2.05 bits per heavy atom. The van der Waals surface area contributed by atoms with Crippen LogP contribution in [-0.2, 0) is 16.0 Å². The molecule has 1 fully saturated rings. The maximum atomic E-state index is 12.0. The fourth-order valence-corrected chi connectivity index (χ4v) is 4.25. The van der Waals surface area contributed by atoms with E-state index in [1.807, 2.05) is 11.8 Å². The number of hydrogen-bond acceptors (Lipinski definition) is 5. The highest BCUT2D eigenvalue weighted by Gasteiger charge is 2.18. The van der Waals surface area contributed by atoms with Gasteiger partial charge in [-0.1, -0.05) is 11.8 Å². The number of nitrogens with zero attached hydrogens (tertiary/aromatic N) is 2. The van der Waals surface area contributed by atoms with Crippen molar-refractivity contribution >= 4 is 35.0 Å². The van der Waals surface area contributed by atoms with Crippen molar-refractivity contribution in [3.63, 3.8) is 0 Å². The lowest BCUT2D eigenvalue weighted by atomic mass is 10.1. The number of aryl methyl sites for hydroxylation is 1. The van der Waals surface area contributed by atoms with Crippen LogP contribution in [0.3, 0.4) is 0 Å². The molecule has 1 N–H and O–H groups in total. The third-order valence-electron chi connectivity index (χ3n) is 3.21. The molecular formula is C13H18N2O3S2. The molecule has 0 saturated carbocycles. The molecule has 7 heteroatoms. The molecule has 1 amide bonds. The number of carboxylic acids is 1. The summed E-state index contributed by atoms with van der Waals surface area (Å²) in [6.45, 7) is 3.53. The van der Waals surface area contributed by atoms with E-state index in [0.717, 1.165) is 40.8 Å². The van der Waals surface area contributed by atoms with Gasteiger partial charge in [0.25, 0.3) is 0 Å². The molecule has 0 aliphatic carbocycles. The largest absolute Gasteiger partial charge is 0.481 e. The first kappa shape index (κ1) is 15.3. The average Bonchev–Trinajstić information content (AvgIpc) is 2.77. The molecule has 0 atom stereocenters. The van der Waals surface area contributed by atoms with Crippen LogP contribution in [0.15, 0.2) is 4.34 Å². The molecule has 1 saturated heterocycles. The highest BCUT2D eigenvalue weighted by molar-refractivity contribution is 8.01. The quantitative estimate of drug-likeness (QED) is 0.844. The molecule has 1 aromatic rings. The maximum absolute atomic E-state index is 12.0. The van der Waals surface area contributed by atoms with Crippen LogP contribution in [0.4, 0.5) is 0 Å². The molecule has 1 aliphatic rings. The Balaban J connectivity index is 1.87. The van der Waals surface area contributed by atoms with E-state index in [9.17, 15) is 9.59 Å². The second kappa shape index (κ2) is 7.08. The van der Waals surface area contributed by atoms with E-state index in [-0.39, 0.29) is 12.3 Å². The van der Waals surface area contributed by atoms with Crippen LogP contribution in [0.5, 0.6) is 0 Å². The Morgan fingerprint density at radius 3 is 2.70 bits per heavy atom. The maximum Gasteiger partial charge on any atom is 0.308 e. The lowest BCUT2D eigenvalue weighted by molar-refractivity contribution is -0.136. The molecule has 0 bridgehead atoms. The number of carbonyl (C=O) groups is 2. The van der Waals surface area contributed by atoms with E-state index in [0.29, 0.717) is 5.75 Å². The number of piperidine rings is 1. The summed E-state index contributed by atoms with van der Waals surface area (Å²) in [6, 6.07) is 0. The molecule has 0 spiro atoms. The van der Waals surface area contributed by atoms with Crippen molar-refractivity contribution in [2.75, 3.05) is 18.8 Å². The lowest BCUT2D eigenvalue weighted by Gasteiger charge is -2.26. The van der Waals surface area contributed by atoms with Gasteiger partial charge in [0.05, 0.1) is 17.9 Å². The minimum absolute atomic E-state index is 0.00410. The zero-order valence-electron chi connectivity index (χ0n) is 11.4. The Hall–Kier alpha value is -1.08. The van der Waals surface area contributed by atoms with E-state index in [1.54, 1.807) is 0 Å². The van der Waals surface area contributed by atoms with E-state index in [4.69, 9.17) is 5.11 Å². The van der Waals surface area contributed by atoms with Crippen molar-refractivity contribution in [2.24, 2.45) is 0 Å². The molecule has 0 radical (unpaired) electrons. The zero-order valence-corrected chi connectivity index (χ0v) is 13.1. The number of hydrogen-bond donors (Lipinski definition) is 1. The summed E-state index contributed by atoms with van der Waals surface area (Å²) < 4.78 is 0.782. The summed E-state index contributed by atoms with van der Waals surface area (Å²) in [5.74, 6) is -0.306. The second-order valence-corrected chi connectivity index (χ2v) is 7.10. The summed E-state index contributed by atoms with van der Waals surface area (Å²) in [5.41, 5.74) is 0.755. The third-order valence-corrected chi connectivity index (χ3v) is 5.50. The van der Waals surface area contributed by atoms with Crippen molar-refractivity contribution in [3.8, 4) is 0 Å². The highest BCUT2D eigenvalue weighted by atomic mass is 32.2. The lowest BCUT2D eigenvalue weighted by Crippen LogP contribution is -2.36. The zero-order chi connectivity index (χ0) is 14.5. The van der Waals surface area contributed by atoms with E-state index >= 15 is 0 Å². The number of rotatable bonds is 5. The van der Waals surface area contributed by atoms with Gasteiger partial charge in [0.1, 0.15) is 0 Å². The molecule has 2 rings (SSSR count). The highest BCUT2D eigenvalue weighted by Crippen LogP contribution is 2.28. The van der Waals surface area contributed by atoms with Gasteiger partial charge in [0, 0.05) is 18.0 Å². The van der Waals surface area contributed by atoms with Crippen molar-refractivity contribution in [3.05, 3.63) is 10.6 Å². The summed E-state index contributed by atoms with van der Waals surface area (Å²) in [5, 5.41) is 8.80. The molecule has 2 heterocycles. The van der Waals surface area contributed by atoms with Gasteiger partial charge < -0.3 is 10.0 Å². The summed E-state index contributed by atoms with van der Waals surface area (Å²) in [4.78, 5) is 29.8. The fraction of sp³-hybridized carbons (Fsp3) is 0.615. The number of aromatic nitrogens is 1. The molecule has 1 aliphatic heterocycles. The Labute approximate surface area is 126 Å². The third kappa shape index (κ3) is 4.21. The van der Waals surface area contributed by atoms with Gasteiger partial charge in [0.2, 0.25) is 5.91 Å². The summed E-state index contributed by atoms with van der Waals surface area (Å²) in [6.07, 6.45) is 3.40. The van der Waals surface area contributed by atoms with Gasteiger partial charge in [-0.2, -0.15) is 0 Å². The van der Waals surface area contributed by atoms with Crippen LogP contribution in [0.25, 0.3) is 0 Å². The first-order chi connectivity index (χ1) is 9.56. The van der Waals surface area contributed by atoms with Gasteiger partial charge >= 0.3 is 5.97 Å². The predicted octanol–water partition coefficient (Wildman–Crippen LogP) is 2.18. The van der Waals surface area contributed by atoms with E-state index in [2.05, 4.69) is 4.98 Å². The average molecular weight is 314 g/mol. The van der Waals surface area contributed by atoms with Crippen molar-refractivity contribution in [1.82, 2.24) is 9.88 Å². The molecule has 5 nitrogen and oxygen atoms in total. The summed E-state index contributed by atoms with van der Waals surface area (Å²) >= 11 is 2.78. The van der Waals surface area contributed by atoms with E-state index in [1.165, 1.54) is 29.5 Å². The monoisotopic (exact) mass is 314 g/mol. The van der Waals surface area contributed by atoms with Crippen molar-refractivity contribution in [1.29, 1.82) is 0 Å². The minimum atomic E-state index is -0.849. The second-order valence-electron chi connectivity index (χ2n) is 4.79.